The van der Waals surface area contributed by atoms with E-state index in [-0.39, 0.29) is 11.8 Å². The number of nitrogens with zero attached hydrogens (tertiary/aromatic N) is 2. The van der Waals surface area contributed by atoms with Crippen molar-refractivity contribution in [2.75, 3.05) is 39.3 Å². The number of hydrogen-bond acceptors (Lipinski definition) is 4. The Balaban J connectivity index is 1.42. The summed E-state index contributed by atoms with van der Waals surface area (Å²) in [6.45, 7) is 6.07. The zero-order chi connectivity index (χ0) is 19.8. The van der Waals surface area contributed by atoms with Gasteiger partial charge in [-0.05, 0) is 36.8 Å². The first-order valence-electron chi connectivity index (χ1n) is 9.71. The highest BCUT2D eigenvalue weighted by Gasteiger charge is 2.23. The van der Waals surface area contributed by atoms with Gasteiger partial charge in [-0.1, -0.05) is 30.3 Å². The van der Waals surface area contributed by atoms with E-state index in [4.69, 9.17) is 4.74 Å². The zero-order valence-corrected chi connectivity index (χ0v) is 16.3. The van der Waals surface area contributed by atoms with Crippen LogP contribution in [0, 0.1) is 0 Å². The van der Waals surface area contributed by atoms with Gasteiger partial charge in [-0.25, -0.2) is 0 Å². The van der Waals surface area contributed by atoms with Gasteiger partial charge in [0.25, 0.3) is 5.91 Å². The summed E-state index contributed by atoms with van der Waals surface area (Å²) in [5.41, 5.74) is 1.75. The molecule has 0 aliphatic carbocycles. The highest BCUT2D eigenvalue weighted by Crippen LogP contribution is 2.15. The molecule has 0 spiro atoms. The van der Waals surface area contributed by atoms with E-state index in [0.29, 0.717) is 51.4 Å². The third kappa shape index (κ3) is 5.57. The predicted octanol–water partition coefficient (Wildman–Crippen LogP) is 2.16. The fourth-order valence-electron chi connectivity index (χ4n) is 3.21. The van der Waals surface area contributed by atoms with Gasteiger partial charge >= 0.3 is 0 Å². The molecule has 2 aromatic carbocycles. The maximum atomic E-state index is 12.6. The minimum Gasteiger partial charge on any atom is -0.494 e. The first-order valence-corrected chi connectivity index (χ1v) is 9.71. The van der Waals surface area contributed by atoms with Crippen LogP contribution in [0.2, 0.25) is 0 Å². The fourth-order valence-corrected chi connectivity index (χ4v) is 3.21. The molecule has 2 aromatic rings. The van der Waals surface area contributed by atoms with Crippen LogP contribution in [-0.4, -0.2) is 60.9 Å². The SMILES string of the molecule is CCOc1ccc(C(=O)N2CCN(CC(=O)NCc3ccccc3)CC2)cc1. The molecule has 2 amide bonds. The lowest BCUT2D eigenvalue weighted by molar-refractivity contribution is -0.122. The molecule has 0 radical (unpaired) electrons. The van der Waals surface area contributed by atoms with Gasteiger partial charge in [0.05, 0.1) is 13.2 Å². The summed E-state index contributed by atoms with van der Waals surface area (Å²) in [5, 5.41) is 2.95. The third-order valence-corrected chi connectivity index (χ3v) is 4.77. The van der Waals surface area contributed by atoms with Crippen LogP contribution in [0.5, 0.6) is 5.75 Å². The summed E-state index contributed by atoms with van der Waals surface area (Å²) in [6, 6.07) is 17.1. The maximum Gasteiger partial charge on any atom is 0.253 e. The molecule has 6 nitrogen and oxygen atoms in total. The quantitative estimate of drug-likeness (QED) is 0.798. The minimum absolute atomic E-state index is 0.00939. The molecule has 6 heteroatoms. The monoisotopic (exact) mass is 381 g/mol. The Hall–Kier alpha value is -2.86. The number of carbonyl (C=O) groups is 2. The molecule has 148 valence electrons. The van der Waals surface area contributed by atoms with Crippen molar-refractivity contribution in [3.8, 4) is 5.75 Å². The molecule has 0 aromatic heterocycles. The second-order valence-corrected chi connectivity index (χ2v) is 6.79. The zero-order valence-electron chi connectivity index (χ0n) is 16.3. The van der Waals surface area contributed by atoms with Gasteiger partial charge in [0.1, 0.15) is 5.75 Å². The highest BCUT2D eigenvalue weighted by molar-refractivity contribution is 5.94. The van der Waals surface area contributed by atoms with Crippen molar-refractivity contribution in [2.45, 2.75) is 13.5 Å². The van der Waals surface area contributed by atoms with E-state index in [1.54, 1.807) is 12.1 Å². The Labute approximate surface area is 166 Å². The first kappa shape index (κ1) is 19.9. The third-order valence-electron chi connectivity index (χ3n) is 4.77. The summed E-state index contributed by atoms with van der Waals surface area (Å²) in [5.74, 6) is 0.803. The van der Waals surface area contributed by atoms with Crippen LogP contribution in [0.15, 0.2) is 54.6 Å². The van der Waals surface area contributed by atoms with Gasteiger partial charge in [0.15, 0.2) is 0 Å². The number of carbonyl (C=O) groups excluding carboxylic acids is 2. The van der Waals surface area contributed by atoms with Crippen molar-refractivity contribution >= 4 is 11.8 Å². The average Bonchev–Trinajstić information content (AvgIpc) is 2.74. The lowest BCUT2D eigenvalue weighted by atomic mass is 10.1. The van der Waals surface area contributed by atoms with E-state index in [1.807, 2.05) is 54.3 Å². The number of ether oxygens (including phenoxy) is 1. The molecular formula is C22H27N3O3. The van der Waals surface area contributed by atoms with Crippen molar-refractivity contribution in [1.29, 1.82) is 0 Å². The summed E-state index contributed by atoms with van der Waals surface area (Å²) >= 11 is 0. The topological polar surface area (TPSA) is 61.9 Å². The van der Waals surface area contributed by atoms with Crippen LogP contribution in [0.1, 0.15) is 22.8 Å². The molecule has 0 unspecified atom stereocenters. The molecule has 1 N–H and O–H groups in total. The van der Waals surface area contributed by atoms with Crippen molar-refractivity contribution in [2.24, 2.45) is 0 Å². The first-order chi connectivity index (χ1) is 13.7. The number of hydrogen-bond donors (Lipinski definition) is 1. The molecule has 1 heterocycles. The number of rotatable bonds is 7. The van der Waals surface area contributed by atoms with E-state index < -0.39 is 0 Å². The van der Waals surface area contributed by atoms with Crippen LogP contribution >= 0.6 is 0 Å². The van der Waals surface area contributed by atoms with Gasteiger partial charge in [-0.3, -0.25) is 14.5 Å². The Morgan fingerprint density at radius 3 is 2.29 bits per heavy atom. The van der Waals surface area contributed by atoms with Crippen molar-refractivity contribution in [1.82, 2.24) is 15.1 Å². The number of amides is 2. The van der Waals surface area contributed by atoms with Crippen LogP contribution < -0.4 is 10.1 Å². The van der Waals surface area contributed by atoms with E-state index in [2.05, 4.69) is 10.2 Å². The van der Waals surface area contributed by atoms with Crippen LogP contribution in [0.4, 0.5) is 0 Å². The van der Waals surface area contributed by atoms with Gasteiger partial charge in [-0.2, -0.15) is 0 Å². The van der Waals surface area contributed by atoms with Gasteiger partial charge in [0.2, 0.25) is 5.91 Å². The Morgan fingerprint density at radius 1 is 0.964 bits per heavy atom. The van der Waals surface area contributed by atoms with Crippen LogP contribution in [0.3, 0.4) is 0 Å². The maximum absolute atomic E-state index is 12.6. The van der Waals surface area contributed by atoms with Crippen LogP contribution in [-0.2, 0) is 11.3 Å². The van der Waals surface area contributed by atoms with Gasteiger partial charge in [-0.15, -0.1) is 0 Å². The second kappa shape index (κ2) is 9.90. The molecule has 0 atom stereocenters. The average molecular weight is 381 g/mol. The molecule has 1 saturated heterocycles. The highest BCUT2D eigenvalue weighted by atomic mass is 16.5. The van der Waals surface area contributed by atoms with E-state index in [1.165, 1.54) is 0 Å². The Kier molecular flexibility index (Phi) is 7.03. The second-order valence-electron chi connectivity index (χ2n) is 6.79. The van der Waals surface area contributed by atoms with Crippen molar-refractivity contribution < 1.29 is 14.3 Å². The lowest BCUT2D eigenvalue weighted by Gasteiger charge is -2.34. The molecule has 3 rings (SSSR count). The van der Waals surface area contributed by atoms with Crippen molar-refractivity contribution in [3.63, 3.8) is 0 Å². The standard InChI is InChI=1S/C22H27N3O3/c1-2-28-20-10-8-19(9-11-20)22(27)25-14-12-24(13-15-25)17-21(26)23-16-18-6-4-3-5-7-18/h3-11H,2,12-17H2,1H3,(H,23,26). The summed E-state index contributed by atoms with van der Waals surface area (Å²) in [4.78, 5) is 28.7. The number of piperazine rings is 1. The molecule has 1 aliphatic rings. The smallest absolute Gasteiger partial charge is 0.253 e. The largest absolute Gasteiger partial charge is 0.494 e. The normalized spacial score (nSPS) is 14.5. The van der Waals surface area contributed by atoms with Gasteiger partial charge in [0, 0.05) is 38.3 Å². The minimum atomic E-state index is 0.00939. The number of nitrogens with one attached hydrogen (secondary N) is 1. The Morgan fingerprint density at radius 2 is 1.64 bits per heavy atom. The summed E-state index contributed by atoms with van der Waals surface area (Å²) < 4.78 is 5.42. The summed E-state index contributed by atoms with van der Waals surface area (Å²) in [6.07, 6.45) is 0. The van der Waals surface area contributed by atoms with E-state index in [0.717, 1.165) is 11.3 Å². The number of benzene rings is 2. The Bertz CT molecular complexity index is 769. The van der Waals surface area contributed by atoms with Gasteiger partial charge < -0.3 is 15.0 Å². The predicted molar refractivity (Wildman–Crippen MR) is 108 cm³/mol. The lowest BCUT2D eigenvalue weighted by Crippen LogP contribution is -2.51. The molecule has 1 aliphatic heterocycles. The van der Waals surface area contributed by atoms with E-state index >= 15 is 0 Å². The summed E-state index contributed by atoms with van der Waals surface area (Å²) in [7, 11) is 0. The molecule has 0 bridgehead atoms. The van der Waals surface area contributed by atoms with Crippen LogP contribution in [0.25, 0.3) is 0 Å². The molecular weight excluding hydrogens is 354 g/mol. The van der Waals surface area contributed by atoms with Crippen molar-refractivity contribution in [3.05, 3.63) is 65.7 Å². The fraction of sp³-hybridized carbons (Fsp3) is 0.364. The molecule has 0 saturated carbocycles. The van der Waals surface area contributed by atoms with E-state index in [9.17, 15) is 9.59 Å². The molecule has 28 heavy (non-hydrogen) atoms. The molecule has 1 fully saturated rings.